The van der Waals surface area contributed by atoms with E-state index in [9.17, 15) is 0 Å². The summed E-state index contributed by atoms with van der Waals surface area (Å²) in [5.41, 5.74) is 3.90. The summed E-state index contributed by atoms with van der Waals surface area (Å²) in [6.45, 7) is 2.29. The fourth-order valence-corrected chi connectivity index (χ4v) is 2.98. The topological polar surface area (TPSA) is 24.9 Å². The average Bonchev–Trinajstić information content (AvgIpc) is 2.40. The first-order chi connectivity index (χ1) is 8.74. The van der Waals surface area contributed by atoms with Gasteiger partial charge in [0, 0.05) is 22.6 Å². The van der Waals surface area contributed by atoms with Gasteiger partial charge in [-0.25, -0.2) is 0 Å². The molecule has 0 saturated carbocycles. The van der Waals surface area contributed by atoms with Crippen molar-refractivity contribution in [3.8, 4) is 0 Å². The Morgan fingerprint density at radius 1 is 1.33 bits per heavy atom. The number of hydrogen-bond donors (Lipinski definition) is 1. The summed E-state index contributed by atoms with van der Waals surface area (Å²) in [7, 11) is 0. The number of nitrogens with zero attached hydrogens (tertiary/aromatic N) is 1. The van der Waals surface area contributed by atoms with Crippen molar-refractivity contribution in [2.45, 2.75) is 25.3 Å². The number of benzene rings is 1. The lowest BCUT2D eigenvalue weighted by molar-refractivity contribution is 0.578. The molecule has 3 rings (SSSR count). The van der Waals surface area contributed by atoms with Gasteiger partial charge in [0.25, 0.3) is 0 Å². The lowest BCUT2D eigenvalue weighted by atomic mass is 9.86. The summed E-state index contributed by atoms with van der Waals surface area (Å²) in [6, 6.07) is 11.0. The minimum absolute atomic E-state index is 0.363. The Hall–Kier alpha value is -1.35. The Bertz CT molecular complexity index is 554. The third-order valence-electron chi connectivity index (χ3n) is 3.55. The van der Waals surface area contributed by atoms with Gasteiger partial charge in [-0.1, -0.05) is 28.9 Å². The highest BCUT2D eigenvalue weighted by Crippen LogP contribution is 2.40. The van der Waals surface area contributed by atoms with Crippen LogP contribution in [0.25, 0.3) is 0 Å². The van der Waals surface area contributed by atoms with Gasteiger partial charge in [-0.2, -0.15) is 0 Å². The van der Waals surface area contributed by atoms with Crippen molar-refractivity contribution in [3.63, 3.8) is 0 Å². The molecule has 1 aromatic carbocycles. The molecule has 2 atom stereocenters. The fourth-order valence-electron chi connectivity index (χ4n) is 2.60. The van der Waals surface area contributed by atoms with Gasteiger partial charge in [0.05, 0.1) is 6.04 Å². The second kappa shape index (κ2) is 4.73. The Labute approximate surface area is 116 Å². The van der Waals surface area contributed by atoms with E-state index in [4.69, 9.17) is 0 Å². The number of fused-ring (bicyclic) bond motifs is 1. The highest BCUT2D eigenvalue weighted by Gasteiger charge is 2.24. The van der Waals surface area contributed by atoms with Gasteiger partial charge < -0.3 is 5.32 Å². The van der Waals surface area contributed by atoms with Crippen LogP contribution < -0.4 is 5.32 Å². The zero-order valence-electron chi connectivity index (χ0n) is 10.2. The quantitative estimate of drug-likeness (QED) is 0.838. The van der Waals surface area contributed by atoms with E-state index in [0.29, 0.717) is 12.0 Å². The molecule has 0 spiro atoms. The van der Waals surface area contributed by atoms with Crippen LogP contribution >= 0.6 is 15.9 Å². The van der Waals surface area contributed by atoms with Gasteiger partial charge in [-0.15, -0.1) is 0 Å². The standard InChI is InChI=1S/C15H15BrN2/c1-10-7-15(11-3-2-6-17-9-11)18-14-5-4-12(16)8-13(10)14/h2-6,8-10,15,18H,7H2,1H3. The molecule has 2 nitrogen and oxygen atoms in total. The summed E-state index contributed by atoms with van der Waals surface area (Å²) in [5, 5.41) is 3.61. The number of rotatable bonds is 1. The molecule has 3 heteroatoms. The number of hydrogen-bond acceptors (Lipinski definition) is 2. The average molecular weight is 303 g/mol. The largest absolute Gasteiger partial charge is 0.378 e. The third kappa shape index (κ3) is 2.15. The van der Waals surface area contributed by atoms with Crippen molar-refractivity contribution in [3.05, 3.63) is 58.3 Å². The van der Waals surface area contributed by atoms with Gasteiger partial charge in [0.1, 0.15) is 0 Å². The van der Waals surface area contributed by atoms with Crippen LogP contribution in [0.2, 0.25) is 0 Å². The summed E-state index contributed by atoms with van der Waals surface area (Å²) in [6.07, 6.45) is 4.88. The molecule has 1 N–H and O–H groups in total. The molecule has 2 heterocycles. The molecular formula is C15H15BrN2. The van der Waals surface area contributed by atoms with Crippen molar-refractivity contribution in [1.29, 1.82) is 0 Å². The first kappa shape index (κ1) is 11.7. The zero-order chi connectivity index (χ0) is 12.5. The van der Waals surface area contributed by atoms with E-state index >= 15 is 0 Å². The van der Waals surface area contributed by atoms with Crippen molar-refractivity contribution >= 4 is 21.6 Å². The van der Waals surface area contributed by atoms with E-state index in [2.05, 4.69) is 57.4 Å². The Morgan fingerprint density at radius 2 is 2.22 bits per heavy atom. The van der Waals surface area contributed by atoms with Crippen LogP contribution in [0.5, 0.6) is 0 Å². The van der Waals surface area contributed by atoms with Crippen LogP contribution in [-0.2, 0) is 0 Å². The number of halogens is 1. The van der Waals surface area contributed by atoms with E-state index in [1.54, 1.807) is 0 Å². The summed E-state index contributed by atoms with van der Waals surface area (Å²) in [4.78, 5) is 4.21. The molecule has 0 aliphatic carbocycles. The first-order valence-electron chi connectivity index (χ1n) is 6.20. The molecule has 1 aromatic heterocycles. The van der Waals surface area contributed by atoms with Crippen LogP contribution in [0.3, 0.4) is 0 Å². The molecule has 0 fully saturated rings. The van der Waals surface area contributed by atoms with Crippen LogP contribution in [0, 0.1) is 0 Å². The minimum atomic E-state index is 0.363. The van der Waals surface area contributed by atoms with Crippen LogP contribution in [0.15, 0.2) is 47.2 Å². The van der Waals surface area contributed by atoms with Gasteiger partial charge in [-0.3, -0.25) is 4.98 Å². The van der Waals surface area contributed by atoms with E-state index in [1.165, 1.54) is 16.8 Å². The van der Waals surface area contributed by atoms with E-state index in [-0.39, 0.29) is 0 Å². The predicted molar refractivity (Wildman–Crippen MR) is 77.8 cm³/mol. The van der Waals surface area contributed by atoms with Gasteiger partial charge in [-0.05, 0) is 47.7 Å². The number of nitrogens with one attached hydrogen (secondary N) is 1. The smallest absolute Gasteiger partial charge is 0.0534 e. The molecule has 92 valence electrons. The molecule has 0 amide bonds. The zero-order valence-corrected chi connectivity index (χ0v) is 11.8. The third-order valence-corrected chi connectivity index (χ3v) is 4.04. The van der Waals surface area contributed by atoms with Crippen LogP contribution in [0.4, 0.5) is 5.69 Å². The highest BCUT2D eigenvalue weighted by molar-refractivity contribution is 9.10. The highest BCUT2D eigenvalue weighted by atomic mass is 79.9. The molecule has 0 radical (unpaired) electrons. The summed E-state index contributed by atoms with van der Waals surface area (Å²) >= 11 is 3.54. The molecule has 0 saturated heterocycles. The maximum atomic E-state index is 4.21. The van der Waals surface area contributed by atoms with E-state index in [0.717, 1.165) is 10.9 Å². The number of anilines is 1. The van der Waals surface area contributed by atoms with Crippen LogP contribution in [-0.4, -0.2) is 4.98 Å². The monoisotopic (exact) mass is 302 g/mol. The number of aromatic nitrogens is 1. The van der Waals surface area contributed by atoms with Gasteiger partial charge in [0.2, 0.25) is 0 Å². The predicted octanol–water partition coefficient (Wildman–Crippen LogP) is 4.50. The molecule has 2 aromatic rings. The normalized spacial score (nSPS) is 22.1. The summed E-state index contributed by atoms with van der Waals surface area (Å²) < 4.78 is 1.15. The van der Waals surface area contributed by atoms with Crippen molar-refractivity contribution < 1.29 is 0 Å². The van der Waals surface area contributed by atoms with Crippen molar-refractivity contribution in [1.82, 2.24) is 4.98 Å². The molecule has 1 aliphatic rings. The molecular weight excluding hydrogens is 288 g/mol. The molecule has 18 heavy (non-hydrogen) atoms. The Morgan fingerprint density at radius 3 is 3.00 bits per heavy atom. The minimum Gasteiger partial charge on any atom is -0.378 e. The second-order valence-corrected chi connectivity index (χ2v) is 5.77. The Balaban J connectivity index is 1.95. The maximum absolute atomic E-state index is 4.21. The van der Waals surface area contributed by atoms with Crippen LogP contribution in [0.1, 0.15) is 36.4 Å². The molecule has 1 aliphatic heterocycles. The van der Waals surface area contributed by atoms with Gasteiger partial charge in [0.15, 0.2) is 0 Å². The van der Waals surface area contributed by atoms with Crippen molar-refractivity contribution in [2.75, 3.05) is 5.32 Å². The van der Waals surface area contributed by atoms with E-state index in [1.807, 2.05) is 18.5 Å². The lowest BCUT2D eigenvalue weighted by Gasteiger charge is -2.31. The maximum Gasteiger partial charge on any atom is 0.0534 e. The van der Waals surface area contributed by atoms with Gasteiger partial charge >= 0.3 is 0 Å². The SMILES string of the molecule is CC1CC(c2cccnc2)Nc2ccc(Br)cc21. The molecule has 0 bridgehead atoms. The second-order valence-electron chi connectivity index (χ2n) is 4.85. The lowest BCUT2D eigenvalue weighted by Crippen LogP contribution is -2.20. The molecule has 2 unspecified atom stereocenters. The first-order valence-corrected chi connectivity index (χ1v) is 6.99. The van der Waals surface area contributed by atoms with E-state index < -0.39 is 0 Å². The number of pyridine rings is 1. The summed E-state index contributed by atoms with van der Waals surface area (Å²) in [5.74, 6) is 0.559. The fraction of sp³-hybridized carbons (Fsp3) is 0.267. The Kier molecular flexibility index (Phi) is 3.08. The van der Waals surface area contributed by atoms with Crippen molar-refractivity contribution in [2.24, 2.45) is 0 Å².